The molecule has 2 aromatic carbocycles. The number of carbonyl (C=O) groups excluding carboxylic acids is 2. The molecule has 0 N–H and O–H groups in total. The zero-order valence-corrected chi connectivity index (χ0v) is 18.7. The maximum absolute atomic E-state index is 13.2. The molecule has 2 aromatic rings. The minimum absolute atomic E-state index is 0.0802. The first-order valence-corrected chi connectivity index (χ1v) is 12.5. The van der Waals surface area contributed by atoms with Gasteiger partial charge in [0.05, 0.1) is 10.8 Å². The molecule has 0 saturated heterocycles. The monoisotopic (exact) mass is 432 g/mol. The summed E-state index contributed by atoms with van der Waals surface area (Å²) >= 11 is 0. The molecule has 4 nitrogen and oxygen atoms in total. The van der Waals surface area contributed by atoms with Crippen LogP contribution in [0.3, 0.4) is 0 Å². The van der Waals surface area contributed by atoms with Gasteiger partial charge >= 0.3 is 11.9 Å². The molecule has 0 aromatic heterocycles. The first-order chi connectivity index (χ1) is 15.6. The predicted octanol–water partition coefficient (Wildman–Crippen LogP) is 6.59. The Hall–Kier alpha value is -2.36. The van der Waals surface area contributed by atoms with Crippen LogP contribution in [0.25, 0.3) is 10.8 Å². The zero-order valence-electron chi connectivity index (χ0n) is 18.7. The van der Waals surface area contributed by atoms with Crippen molar-refractivity contribution >= 4 is 22.7 Å². The highest BCUT2D eigenvalue weighted by atomic mass is 16.5. The van der Waals surface area contributed by atoms with Gasteiger partial charge in [-0.15, -0.1) is 0 Å². The van der Waals surface area contributed by atoms with Crippen LogP contribution in [0.1, 0.15) is 77.0 Å². The topological polar surface area (TPSA) is 52.6 Å². The first kappa shape index (κ1) is 20.3. The fourth-order valence-electron chi connectivity index (χ4n) is 6.96. The second-order valence-electron chi connectivity index (χ2n) is 10.9. The van der Waals surface area contributed by atoms with Crippen LogP contribution >= 0.6 is 0 Å². The number of carbonyl (C=O) groups is 2. The van der Waals surface area contributed by atoms with Gasteiger partial charge in [0.2, 0.25) is 0 Å². The van der Waals surface area contributed by atoms with Crippen LogP contribution in [0.4, 0.5) is 0 Å². The van der Waals surface area contributed by atoms with E-state index in [-0.39, 0.29) is 22.8 Å². The molecule has 6 aliphatic rings. The van der Waals surface area contributed by atoms with Crippen molar-refractivity contribution in [3.8, 4) is 11.5 Å². The molecular weight excluding hydrogens is 400 g/mol. The summed E-state index contributed by atoms with van der Waals surface area (Å²) in [6, 6.07) is 11.4. The third kappa shape index (κ3) is 3.25. The minimum Gasteiger partial charge on any atom is -0.425 e. The summed E-state index contributed by atoms with van der Waals surface area (Å²) in [5.41, 5.74) is -0.611. The SMILES string of the molecule is O=C(Oc1cccc2c(OC(=O)C34CCC(CC3)CC4)cccc12)C12CCC(CC1)CC2. The molecule has 0 spiro atoms. The van der Waals surface area contributed by atoms with Crippen LogP contribution in [-0.4, -0.2) is 11.9 Å². The Bertz CT molecular complexity index is 941. The lowest BCUT2D eigenvalue weighted by Crippen LogP contribution is -2.42. The van der Waals surface area contributed by atoms with E-state index in [9.17, 15) is 9.59 Å². The number of benzene rings is 2. The molecule has 0 heterocycles. The van der Waals surface area contributed by atoms with Crippen LogP contribution in [0.2, 0.25) is 0 Å². The number of esters is 2. The standard InChI is InChI=1S/C28H32O4/c29-25(27-13-7-19(8-14-27)9-15-27)31-23-5-1-3-21-22(23)4-2-6-24(21)32-26(30)28-16-10-20(11-17-28)12-18-28/h1-6,19-20H,7-18H2. The number of rotatable bonds is 4. The molecule has 0 aliphatic heterocycles. The molecule has 0 atom stereocenters. The van der Waals surface area contributed by atoms with E-state index in [1.807, 2.05) is 36.4 Å². The van der Waals surface area contributed by atoms with Crippen LogP contribution < -0.4 is 9.47 Å². The molecule has 6 fully saturated rings. The van der Waals surface area contributed by atoms with Crippen molar-refractivity contribution in [2.24, 2.45) is 22.7 Å². The largest absolute Gasteiger partial charge is 0.425 e. The molecule has 4 heteroatoms. The fraction of sp³-hybridized carbons (Fsp3) is 0.571. The van der Waals surface area contributed by atoms with Gasteiger partial charge in [-0.05, 0) is 101 Å². The second-order valence-corrected chi connectivity index (χ2v) is 10.9. The van der Waals surface area contributed by atoms with E-state index in [1.54, 1.807) is 0 Å². The van der Waals surface area contributed by atoms with Crippen LogP contribution in [-0.2, 0) is 9.59 Å². The summed E-state index contributed by atoms with van der Waals surface area (Å²) in [7, 11) is 0. The summed E-state index contributed by atoms with van der Waals surface area (Å²) in [6.07, 6.45) is 12.6. The molecule has 32 heavy (non-hydrogen) atoms. The van der Waals surface area contributed by atoms with Gasteiger partial charge < -0.3 is 9.47 Å². The van der Waals surface area contributed by atoms with E-state index >= 15 is 0 Å². The summed E-state index contributed by atoms with van der Waals surface area (Å²) in [6.45, 7) is 0. The van der Waals surface area contributed by atoms with E-state index in [4.69, 9.17) is 9.47 Å². The van der Waals surface area contributed by atoms with Gasteiger partial charge in [0.1, 0.15) is 11.5 Å². The Balaban J connectivity index is 1.26. The Morgan fingerprint density at radius 3 is 1.28 bits per heavy atom. The van der Waals surface area contributed by atoms with E-state index in [1.165, 1.54) is 0 Å². The Kier molecular flexibility index (Phi) is 4.81. The van der Waals surface area contributed by atoms with Crippen molar-refractivity contribution in [2.75, 3.05) is 0 Å². The molecule has 0 amide bonds. The lowest BCUT2D eigenvalue weighted by Gasteiger charge is -2.44. The molecule has 168 valence electrons. The molecular formula is C28H32O4. The van der Waals surface area contributed by atoms with Crippen molar-refractivity contribution in [1.82, 2.24) is 0 Å². The predicted molar refractivity (Wildman–Crippen MR) is 122 cm³/mol. The molecule has 8 rings (SSSR count). The van der Waals surface area contributed by atoms with Gasteiger partial charge in [-0.3, -0.25) is 9.59 Å². The molecule has 0 unspecified atom stereocenters. The maximum Gasteiger partial charge on any atom is 0.317 e. The molecule has 0 radical (unpaired) electrons. The Morgan fingerprint density at radius 1 is 0.594 bits per heavy atom. The Labute approximate surface area is 189 Å². The summed E-state index contributed by atoms with van der Waals surface area (Å²) in [4.78, 5) is 26.5. The number of hydrogen-bond acceptors (Lipinski definition) is 4. The highest BCUT2D eigenvalue weighted by Crippen LogP contribution is 2.52. The first-order valence-electron chi connectivity index (χ1n) is 12.5. The Morgan fingerprint density at radius 2 is 0.938 bits per heavy atom. The zero-order chi connectivity index (χ0) is 21.8. The fourth-order valence-corrected chi connectivity index (χ4v) is 6.96. The van der Waals surface area contributed by atoms with Crippen LogP contribution in [0.5, 0.6) is 11.5 Å². The number of hydrogen-bond donors (Lipinski definition) is 0. The second kappa shape index (κ2) is 7.60. The van der Waals surface area contributed by atoms with Crippen molar-refractivity contribution < 1.29 is 19.1 Å². The van der Waals surface area contributed by atoms with E-state index < -0.39 is 0 Å². The highest BCUT2D eigenvalue weighted by molar-refractivity contribution is 5.96. The van der Waals surface area contributed by atoms with Crippen LogP contribution in [0.15, 0.2) is 36.4 Å². The van der Waals surface area contributed by atoms with Gasteiger partial charge in [0.25, 0.3) is 0 Å². The number of ether oxygens (including phenoxy) is 2. The smallest absolute Gasteiger partial charge is 0.317 e. The molecule has 6 saturated carbocycles. The number of fused-ring (bicyclic) bond motifs is 7. The average molecular weight is 433 g/mol. The third-order valence-electron chi connectivity index (χ3n) is 9.30. The van der Waals surface area contributed by atoms with Gasteiger partial charge in [-0.2, -0.15) is 0 Å². The summed E-state index contributed by atoms with van der Waals surface area (Å²) < 4.78 is 12.1. The quantitative estimate of drug-likeness (QED) is 0.404. The van der Waals surface area contributed by atoms with Crippen molar-refractivity contribution in [3.63, 3.8) is 0 Å². The molecule has 4 bridgehead atoms. The van der Waals surface area contributed by atoms with Gasteiger partial charge in [0, 0.05) is 10.8 Å². The summed E-state index contributed by atoms with van der Waals surface area (Å²) in [5, 5.41) is 1.66. The van der Waals surface area contributed by atoms with Gasteiger partial charge in [-0.1, -0.05) is 24.3 Å². The minimum atomic E-state index is -0.306. The normalized spacial score (nSPS) is 33.2. The van der Waals surface area contributed by atoms with Crippen LogP contribution in [0, 0.1) is 22.7 Å². The third-order valence-corrected chi connectivity index (χ3v) is 9.30. The van der Waals surface area contributed by atoms with E-state index in [0.717, 1.165) is 99.7 Å². The maximum atomic E-state index is 13.2. The van der Waals surface area contributed by atoms with E-state index in [0.29, 0.717) is 11.5 Å². The van der Waals surface area contributed by atoms with Gasteiger partial charge in [-0.25, -0.2) is 0 Å². The van der Waals surface area contributed by atoms with Crippen molar-refractivity contribution in [3.05, 3.63) is 36.4 Å². The van der Waals surface area contributed by atoms with Gasteiger partial charge in [0.15, 0.2) is 0 Å². The lowest BCUT2D eigenvalue weighted by atomic mass is 9.61. The lowest BCUT2D eigenvalue weighted by molar-refractivity contribution is -0.153. The van der Waals surface area contributed by atoms with Crippen molar-refractivity contribution in [1.29, 1.82) is 0 Å². The average Bonchev–Trinajstić information content (AvgIpc) is 2.87. The van der Waals surface area contributed by atoms with Crippen molar-refractivity contribution in [2.45, 2.75) is 77.0 Å². The highest BCUT2D eigenvalue weighted by Gasteiger charge is 2.48. The van der Waals surface area contributed by atoms with E-state index in [2.05, 4.69) is 0 Å². The molecule has 6 aliphatic carbocycles. The summed E-state index contributed by atoms with van der Waals surface area (Å²) in [5.74, 6) is 2.59.